The summed E-state index contributed by atoms with van der Waals surface area (Å²) in [5.74, 6) is -3.33. The monoisotopic (exact) mass is 416 g/mol. The zero-order valence-electron chi connectivity index (χ0n) is 17.6. The average molecular weight is 416 g/mol. The van der Waals surface area contributed by atoms with Gasteiger partial charge in [0.15, 0.2) is 5.41 Å². The van der Waals surface area contributed by atoms with Crippen molar-refractivity contribution >= 4 is 23.8 Å². The minimum atomic E-state index is -2.06. The molecule has 2 N–H and O–H groups in total. The Labute approximate surface area is 176 Å². The van der Waals surface area contributed by atoms with Crippen molar-refractivity contribution in [2.45, 2.75) is 45.3 Å². The first-order chi connectivity index (χ1) is 14.0. The maximum Gasteiger partial charge on any atom is 0.325 e. The van der Waals surface area contributed by atoms with E-state index in [4.69, 9.17) is 15.2 Å². The summed E-state index contributed by atoms with van der Waals surface area (Å²) in [6.07, 6.45) is 1.58. The highest BCUT2D eigenvalue weighted by atomic mass is 16.6. The third-order valence-electron chi connectivity index (χ3n) is 4.73. The molecule has 1 aromatic rings. The van der Waals surface area contributed by atoms with Crippen LogP contribution in [0.4, 0.5) is 0 Å². The van der Waals surface area contributed by atoms with E-state index in [1.807, 2.05) is 0 Å². The van der Waals surface area contributed by atoms with Gasteiger partial charge in [-0.25, -0.2) is 0 Å². The van der Waals surface area contributed by atoms with Gasteiger partial charge in [-0.1, -0.05) is 30.9 Å². The van der Waals surface area contributed by atoms with E-state index < -0.39 is 40.8 Å². The van der Waals surface area contributed by atoms with Crippen molar-refractivity contribution in [3.8, 4) is 0 Å². The minimum Gasteiger partial charge on any atom is -0.461 e. The second kappa shape index (κ2) is 9.21. The number of piperidine rings is 1. The number of benzene rings is 1. The van der Waals surface area contributed by atoms with Crippen molar-refractivity contribution in [1.82, 2.24) is 4.90 Å². The van der Waals surface area contributed by atoms with Gasteiger partial charge in [0, 0.05) is 12.1 Å². The Bertz CT molecular complexity index is 830. The lowest BCUT2D eigenvalue weighted by atomic mass is 9.72. The van der Waals surface area contributed by atoms with Crippen LogP contribution in [0.2, 0.25) is 0 Å². The molecule has 30 heavy (non-hydrogen) atoms. The van der Waals surface area contributed by atoms with Crippen molar-refractivity contribution in [3.63, 3.8) is 0 Å². The number of carbonyl (C=O) groups excluding carboxylic acids is 4. The molecule has 0 radical (unpaired) electrons. The zero-order chi connectivity index (χ0) is 22.5. The first kappa shape index (κ1) is 23.3. The maximum atomic E-state index is 13.5. The van der Waals surface area contributed by atoms with Crippen LogP contribution in [0, 0.1) is 5.41 Å². The Kier molecular flexibility index (Phi) is 7.15. The van der Waals surface area contributed by atoms with Gasteiger partial charge in [0.1, 0.15) is 18.2 Å². The lowest BCUT2D eigenvalue weighted by molar-refractivity contribution is -0.178. The second-order valence-corrected chi connectivity index (χ2v) is 8.10. The topological polar surface area (TPSA) is 116 Å². The molecule has 1 aliphatic rings. The number of rotatable bonds is 6. The fraction of sp³-hybridized carbons (Fsp3) is 0.455. The number of esters is 2. The number of likely N-dealkylation sites (tertiary alicyclic amines) is 1. The molecule has 2 amide bonds. The summed E-state index contributed by atoms with van der Waals surface area (Å²) in [6, 6.07) is 6.57. The molecule has 162 valence electrons. The van der Waals surface area contributed by atoms with Crippen molar-refractivity contribution < 1.29 is 28.7 Å². The molecule has 0 bridgehead atoms. The summed E-state index contributed by atoms with van der Waals surface area (Å²) in [5.41, 5.74) is 3.48. The first-order valence-electron chi connectivity index (χ1n) is 9.72. The van der Waals surface area contributed by atoms with Crippen molar-refractivity contribution in [3.05, 3.63) is 48.6 Å². The van der Waals surface area contributed by atoms with Crippen LogP contribution in [0.1, 0.15) is 44.0 Å². The number of hydrogen-bond donors (Lipinski definition) is 1. The molecule has 8 nitrogen and oxygen atoms in total. The molecule has 0 saturated carbocycles. The Morgan fingerprint density at radius 2 is 1.90 bits per heavy atom. The SMILES string of the molecule is C=CCOC(=O)C1(C(N)C(=O)OC(C)(C)C)CCCN(C(=O)c2ccccc2)C1=O. The molecule has 0 aromatic heterocycles. The van der Waals surface area contributed by atoms with Crippen LogP contribution in [-0.2, 0) is 23.9 Å². The Balaban J connectivity index is 2.45. The second-order valence-electron chi connectivity index (χ2n) is 8.10. The highest BCUT2D eigenvalue weighted by Crippen LogP contribution is 2.37. The number of nitrogens with two attached hydrogens (primary N) is 1. The fourth-order valence-corrected chi connectivity index (χ4v) is 3.33. The van der Waals surface area contributed by atoms with Crippen LogP contribution >= 0.6 is 0 Å². The van der Waals surface area contributed by atoms with Crippen molar-refractivity contribution in [2.24, 2.45) is 11.1 Å². The van der Waals surface area contributed by atoms with Gasteiger partial charge in [0.25, 0.3) is 5.91 Å². The molecule has 1 aromatic carbocycles. The summed E-state index contributed by atoms with van der Waals surface area (Å²) in [6.45, 7) is 8.36. The fourth-order valence-electron chi connectivity index (χ4n) is 3.33. The molecule has 0 spiro atoms. The number of carbonyl (C=O) groups is 4. The minimum absolute atomic E-state index is 0.0409. The quantitative estimate of drug-likeness (QED) is 0.325. The van der Waals surface area contributed by atoms with Crippen LogP contribution in [0.15, 0.2) is 43.0 Å². The van der Waals surface area contributed by atoms with Crippen LogP contribution in [0.3, 0.4) is 0 Å². The third-order valence-corrected chi connectivity index (χ3v) is 4.73. The average Bonchev–Trinajstić information content (AvgIpc) is 2.70. The van der Waals surface area contributed by atoms with Gasteiger partial charge < -0.3 is 15.2 Å². The van der Waals surface area contributed by atoms with Crippen molar-refractivity contribution in [2.75, 3.05) is 13.2 Å². The van der Waals surface area contributed by atoms with Gasteiger partial charge in [-0.3, -0.25) is 24.1 Å². The van der Waals surface area contributed by atoms with Gasteiger partial charge in [-0.05, 0) is 45.7 Å². The number of ether oxygens (including phenoxy) is 2. The van der Waals surface area contributed by atoms with Gasteiger partial charge >= 0.3 is 11.9 Å². The smallest absolute Gasteiger partial charge is 0.325 e. The Hall–Kier alpha value is -3.00. The highest BCUT2D eigenvalue weighted by Gasteiger charge is 2.59. The summed E-state index contributed by atoms with van der Waals surface area (Å²) in [7, 11) is 0. The molecule has 1 heterocycles. The summed E-state index contributed by atoms with van der Waals surface area (Å²) in [5, 5.41) is 0. The van der Waals surface area contributed by atoms with Gasteiger partial charge in [-0.15, -0.1) is 0 Å². The third kappa shape index (κ3) is 4.76. The molecule has 0 aliphatic carbocycles. The summed E-state index contributed by atoms with van der Waals surface area (Å²) < 4.78 is 10.4. The molecule has 2 unspecified atom stereocenters. The Morgan fingerprint density at radius 1 is 1.27 bits per heavy atom. The molecular formula is C22H28N2O6. The van der Waals surface area contributed by atoms with E-state index in [-0.39, 0.29) is 31.6 Å². The van der Waals surface area contributed by atoms with Crippen LogP contribution in [0.25, 0.3) is 0 Å². The number of hydrogen-bond acceptors (Lipinski definition) is 7. The van der Waals surface area contributed by atoms with E-state index in [1.54, 1.807) is 51.1 Å². The lowest BCUT2D eigenvalue weighted by Gasteiger charge is -2.41. The predicted octanol–water partition coefficient (Wildman–Crippen LogP) is 1.83. The molecule has 2 atom stereocenters. The van der Waals surface area contributed by atoms with E-state index in [0.717, 1.165) is 4.90 Å². The number of nitrogens with zero attached hydrogens (tertiary/aromatic N) is 1. The van der Waals surface area contributed by atoms with Crippen LogP contribution in [-0.4, -0.2) is 53.4 Å². The molecule has 1 saturated heterocycles. The normalized spacial score (nSPS) is 20.3. The van der Waals surface area contributed by atoms with Gasteiger partial charge in [-0.2, -0.15) is 0 Å². The molecule has 2 rings (SSSR count). The lowest BCUT2D eigenvalue weighted by Crippen LogP contribution is -2.65. The van der Waals surface area contributed by atoms with Crippen LogP contribution in [0.5, 0.6) is 0 Å². The molecule has 1 aliphatic heterocycles. The van der Waals surface area contributed by atoms with Crippen molar-refractivity contribution in [1.29, 1.82) is 0 Å². The first-order valence-corrected chi connectivity index (χ1v) is 9.72. The van der Waals surface area contributed by atoms with Gasteiger partial charge in [0.05, 0.1) is 0 Å². The zero-order valence-corrected chi connectivity index (χ0v) is 17.6. The van der Waals surface area contributed by atoms with E-state index in [9.17, 15) is 19.2 Å². The maximum absolute atomic E-state index is 13.5. The van der Waals surface area contributed by atoms with E-state index in [0.29, 0.717) is 0 Å². The number of amides is 2. The molecule has 1 fully saturated rings. The largest absolute Gasteiger partial charge is 0.461 e. The van der Waals surface area contributed by atoms with E-state index in [1.165, 1.54) is 6.08 Å². The number of imide groups is 1. The summed E-state index contributed by atoms with van der Waals surface area (Å²) in [4.78, 5) is 53.1. The van der Waals surface area contributed by atoms with Crippen LogP contribution < -0.4 is 5.73 Å². The van der Waals surface area contributed by atoms with E-state index >= 15 is 0 Å². The summed E-state index contributed by atoms with van der Waals surface area (Å²) >= 11 is 0. The standard InChI is InChI=1S/C22H28N2O6/c1-5-14-29-20(28)22(16(23)18(26)30-21(2,3)4)12-9-13-24(19(22)27)17(25)15-10-7-6-8-11-15/h5-8,10-11,16H,1,9,12-14,23H2,2-4H3. The van der Waals surface area contributed by atoms with E-state index in [2.05, 4.69) is 6.58 Å². The Morgan fingerprint density at radius 3 is 2.47 bits per heavy atom. The molecule has 8 heteroatoms. The predicted molar refractivity (Wildman–Crippen MR) is 109 cm³/mol. The highest BCUT2D eigenvalue weighted by molar-refractivity contribution is 6.15. The molecular weight excluding hydrogens is 388 g/mol. The van der Waals surface area contributed by atoms with Gasteiger partial charge in [0.2, 0.25) is 5.91 Å².